The van der Waals surface area contributed by atoms with Crippen LogP contribution in [0, 0.1) is 0 Å². The van der Waals surface area contributed by atoms with Crippen LogP contribution in [0.5, 0.6) is 0 Å². The van der Waals surface area contributed by atoms with Gasteiger partial charge in [0.1, 0.15) is 4.88 Å². The summed E-state index contributed by atoms with van der Waals surface area (Å²) < 4.78 is 5.16. The van der Waals surface area contributed by atoms with E-state index in [0.29, 0.717) is 18.0 Å². The highest BCUT2D eigenvalue weighted by Crippen LogP contribution is 2.15. The summed E-state index contributed by atoms with van der Waals surface area (Å²) in [5.74, 6) is -0.861. The first-order valence-electron chi connectivity index (χ1n) is 4.84. The molecule has 0 atom stereocenters. The Morgan fingerprint density at radius 2 is 2.40 bits per heavy atom. The third-order valence-corrected chi connectivity index (χ3v) is 2.87. The molecule has 0 amide bonds. The van der Waals surface area contributed by atoms with E-state index in [9.17, 15) is 4.79 Å². The lowest BCUT2D eigenvalue weighted by molar-refractivity contribution is 0.0702. The minimum atomic E-state index is -0.861. The molecular weight excluding hydrogens is 214 g/mol. The molecule has 0 aliphatic heterocycles. The Hall–Kier alpha value is -0.910. The molecule has 2 N–H and O–H groups in total. The number of hydrogen-bond donors (Lipinski definition) is 2. The first-order chi connectivity index (χ1) is 7.24. The predicted octanol–water partition coefficient (Wildman–Crippen LogP) is 1.57. The van der Waals surface area contributed by atoms with Crippen LogP contribution >= 0.6 is 11.3 Å². The van der Waals surface area contributed by atoms with Crippen molar-refractivity contribution in [2.24, 2.45) is 0 Å². The fourth-order valence-corrected chi connectivity index (χ4v) is 1.90. The highest BCUT2D eigenvalue weighted by molar-refractivity contribution is 7.13. The maximum absolute atomic E-state index is 10.6. The van der Waals surface area contributed by atoms with Gasteiger partial charge in [0.2, 0.25) is 0 Å². The van der Waals surface area contributed by atoms with Crippen LogP contribution in [0.25, 0.3) is 0 Å². The largest absolute Gasteiger partial charge is 0.477 e. The van der Waals surface area contributed by atoms with E-state index in [1.807, 2.05) is 13.0 Å². The van der Waals surface area contributed by atoms with Crippen molar-refractivity contribution in [3.63, 3.8) is 0 Å². The third kappa shape index (κ3) is 4.42. The van der Waals surface area contributed by atoms with Gasteiger partial charge in [-0.1, -0.05) is 0 Å². The standard InChI is InChI=1S/C10H15NO3S/c1-2-14-6-5-11-7-8-3-4-9(15-8)10(12)13/h3-4,11H,2,5-7H2,1H3,(H,12,13). The third-order valence-electron chi connectivity index (χ3n) is 1.80. The van der Waals surface area contributed by atoms with Gasteiger partial charge in [-0.2, -0.15) is 0 Å². The van der Waals surface area contributed by atoms with Gasteiger partial charge in [-0.25, -0.2) is 4.79 Å². The van der Waals surface area contributed by atoms with Crippen molar-refractivity contribution in [3.05, 3.63) is 21.9 Å². The van der Waals surface area contributed by atoms with Crippen molar-refractivity contribution in [2.45, 2.75) is 13.5 Å². The smallest absolute Gasteiger partial charge is 0.345 e. The summed E-state index contributed by atoms with van der Waals surface area (Å²) in [6, 6.07) is 3.47. The zero-order valence-electron chi connectivity index (χ0n) is 8.66. The topological polar surface area (TPSA) is 58.6 Å². The highest BCUT2D eigenvalue weighted by Gasteiger charge is 2.05. The molecule has 0 aromatic carbocycles. The Balaban J connectivity index is 2.23. The lowest BCUT2D eigenvalue weighted by atomic mass is 10.4. The number of ether oxygens (including phenoxy) is 1. The van der Waals surface area contributed by atoms with Gasteiger partial charge in [0, 0.05) is 24.6 Å². The number of carboxylic acids is 1. The van der Waals surface area contributed by atoms with Gasteiger partial charge in [0.25, 0.3) is 0 Å². The zero-order valence-corrected chi connectivity index (χ0v) is 9.47. The van der Waals surface area contributed by atoms with Crippen molar-refractivity contribution in [2.75, 3.05) is 19.8 Å². The van der Waals surface area contributed by atoms with E-state index in [0.717, 1.165) is 18.0 Å². The maximum Gasteiger partial charge on any atom is 0.345 e. The van der Waals surface area contributed by atoms with E-state index in [-0.39, 0.29) is 0 Å². The molecule has 0 unspecified atom stereocenters. The normalized spacial score (nSPS) is 10.5. The van der Waals surface area contributed by atoms with Crippen molar-refractivity contribution >= 4 is 17.3 Å². The number of aromatic carboxylic acids is 1. The second kappa shape index (κ2) is 6.55. The Morgan fingerprint density at radius 3 is 3.00 bits per heavy atom. The van der Waals surface area contributed by atoms with Gasteiger partial charge < -0.3 is 15.2 Å². The summed E-state index contributed by atoms with van der Waals surface area (Å²) in [6.45, 7) is 4.86. The van der Waals surface area contributed by atoms with Crippen molar-refractivity contribution in [1.82, 2.24) is 5.32 Å². The molecule has 0 aliphatic carbocycles. The summed E-state index contributed by atoms with van der Waals surface area (Å²) in [5, 5.41) is 11.9. The SMILES string of the molecule is CCOCCNCc1ccc(C(=O)O)s1. The van der Waals surface area contributed by atoms with E-state index >= 15 is 0 Å². The lowest BCUT2D eigenvalue weighted by Crippen LogP contribution is -2.18. The molecule has 1 heterocycles. The summed E-state index contributed by atoms with van der Waals surface area (Å²) in [6.07, 6.45) is 0. The Morgan fingerprint density at radius 1 is 1.60 bits per heavy atom. The number of hydrogen-bond acceptors (Lipinski definition) is 4. The summed E-state index contributed by atoms with van der Waals surface area (Å²) in [4.78, 5) is 12.0. The van der Waals surface area contributed by atoms with Gasteiger partial charge in [-0.15, -0.1) is 11.3 Å². The molecule has 0 saturated carbocycles. The number of carboxylic acid groups (broad SMARTS) is 1. The fourth-order valence-electron chi connectivity index (χ4n) is 1.09. The Kier molecular flexibility index (Phi) is 5.31. The molecule has 0 spiro atoms. The minimum absolute atomic E-state index is 0.386. The molecule has 5 heteroatoms. The van der Waals surface area contributed by atoms with Gasteiger partial charge >= 0.3 is 5.97 Å². The minimum Gasteiger partial charge on any atom is -0.477 e. The number of carbonyl (C=O) groups is 1. The van der Waals surface area contributed by atoms with Gasteiger partial charge in [0.15, 0.2) is 0 Å². The molecule has 4 nitrogen and oxygen atoms in total. The number of nitrogens with one attached hydrogen (secondary N) is 1. The van der Waals surface area contributed by atoms with Crippen LogP contribution in [0.2, 0.25) is 0 Å². The second-order valence-corrected chi connectivity index (χ2v) is 4.11. The molecule has 0 saturated heterocycles. The summed E-state index contributed by atoms with van der Waals surface area (Å²) >= 11 is 1.30. The van der Waals surface area contributed by atoms with E-state index in [1.54, 1.807) is 6.07 Å². The lowest BCUT2D eigenvalue weighted by Gasteiger charge is -2.02. The van der Waals surface area contributed by atoms with Crippen LogP contribution in [0.1, 0.15) is 21.5 Å². The van der Waals surface area contributed by atoms with Crippen LogP contribution in [0.15, 0.2) is 12.1 Å². The maximum atomic E-state index is 10.6. The molecule has 1 rings (SSSR count). The Bertz CT molecular complexity index is 311. The first-order valence-corrected chi connectivity index (χ1v) is 5.66. The summed E-state index contributed by atoms with van der Waals surface area (Å²) in [5.41, 5.74) is 0. The van der Waals surface area contributed by atoms with Crippen molar-refractivity contribution in [3.8, 4) is 0 Å². The van der Waals surface area contributed by atoms with Crippen molar-refractivity contribution < 1.29 is 14.6 Å². The van der Waals surface area contributed by atoms with Crippen LogP contribution < -0.4 is 5.32 Å². The Labute approximate surface area is 92.9 Å². The monoisotopic (exact) mass is 229 g/mol. The first kappa shape index (κ1) is 12.2. The van der Waals surface area contributed by atoms with E-state index in [1.165, 1.54) is 11.3 Å². The quantitative estimate of drug-likeness (QED) is 0.697. The van der Waals surface area contributed by atoms with E-state index < -0.39 is 5.97 Å². The molecular formula is C10H15NO3S. The number of rotatable bonds is 7. The molecule has 0 aliphatic rings. The molecule has 1 aromatic rings. The van der Waals surface area contributed by atoms with Crippen molar-refractivity contribution in [1.29, 1.82) is 0 Å². The molecule has 1 aromatic heterocycles. The van der Waals surface area contributed by atoms with Gasteiger partial charge in [-0.05, 0) is 19.1 Å². The van der Waals surface area contributed by atoms with E-state index in [4.69, 9.17) is 9.84 Å². The average Bonchev–Trinajstić information content (AvgIpc) is 2.66. The van der Waals surface area contributed by atoms with Crippen LogP contribution in [-0.4, -0.2) is 30.8 Å². The van der Waals surface area contributed by atoms with Crippen LogP contribution in [-0.2, 0) is 11.3 Å². The van der Waals surface area contributed by atoms with Crippen LogP contribution in [0.3, 0.4) is 0 Å². The predicted molar refractivity (Wildman–Crippen MR) is 59.5 cm³/mol. The second-order valence-electron chi connectivity index (χ2n) is 2.94. The molecule has 0 radical (unpaired) electrons. The highest BCUT2D eigenvalue weighted by atomic mass is 32.1. The van der Waals surface area contributed by atoms with Gasteiger partial charge in [-0.3, -0.25) is 0 Å². The van der Waals surface area contributed by atoms with Gasteiger partial charge in [0.05, 0.1) is 6.61 Å². The molecule has 0 bridgehead atoms. The summed E-state index contributed by atoms with van der Waals surface area (Å²) in [7, 11) is 0. The number of thiophene rings is 1. The zero-order chi connectivity index (χ0) is 11.1. The molecule has 84 valence electrons. The van der Waals surface area contributed by atoms with E-state index in [2.05, 4.69) is 5.32 Å². The fraction of sp³-hybridized carbons (Fsp3) is 0.500. The molecule has 0 fully saturated rings. The average molecular weight is 229 g/mol. The van der Waals surface area contributed by atoms with Crippen LogP contribution in [0.4, 0.5) is 0 Å². The molecule has 15 heavy (non-hydrogen) atoms.